The summed E-state index contributed by atoms with van der Waals surface area (Å²) < 4.78 is 10.4. The second kappa shape index (κ2) is 5.56. The van der Waals surface area contributed by atoms with Crippen LogP contribution in [0.3, 0.4) is 0 Å². The number of carbonyl (C=O) groups is 1. The van der Waals surface area contributed by atoms with Crippen molar-refractivity contribution in [1.82, 2.24) is 0 Å². The highest BCUT2D eigenvalue weighted by Crippen LogP contribution is 2.30. The molecular formula is C14H11ClO3. The van der Waals surface area contributed by atoms with Crippen molar-refractivity contribution < 1.29 is 14.3 Å². The summed E-state index contributed by atoms with van der Waals surface area (Å²) in [6.07, 6.45) is 0. The van der Waals surface area contributed by atoms with E-state index < -0.39 is 5.97 Å². The Balaban J connectivity index is 2.22. The van der Waals surface area contributed by atoms with Crippen LogP contribution in [0.4, 0.5) is 0 Å². The van der Waals surface area contributed by atoms with Gasteiger partial charge in [0.15, 0.2) is 11.5 Å². The summed E-state index contributed by atoms with van der Waals surface area (Å²) in [6.45, 7) is 0. The van der Waals surface area contributed by atoms with Gasteiger partial charge < -0.3 is 9.47 Å². The standard InChI is InChI=1S/C14H11ClO3/c1-17-13-9-11(15)7-8-12(13)18-14(16)10-5-3-2-4-6-10/h2-9H,1H3. The molecule has 4 heteroatoms. The molecule has 18 heavy (non-hydrogen) atoms. The summed E-state index contributed by atoms with van der Waals surface area (Å²) in [5, 5.41) is 0.520. The maximum absolute atomic E-state index is 11.9. The van der Waals surface area contributed by atoms with Gasteiger partial charge in [-0.1, -0.05) is 29.8 Å². The van der Waals surface area contributed by atoms with Crippen molar-refractivity contribution in [2.45, 2.75) is 0 Å². The molecule has 0 aliphatic carbocycles. The van der Waals surface area contributed by atoms with Gasteiger partial charge in [0.25, 0.3) is 0 Å². The number of rotatable bonds is 3. The topological polar surface area (TPSA) is 35.5 Å². The van der Waals surface area contributed by atoms with Gasteiger partial charge in [0, 0.05) is 11.1 Å². The third-order valence-electron chi connectivity index (χ3n) is 2.34. The van der Waals surface area contributed by atoms with Crippen LogP contribution in [0.25, 0.3) is 0 Å². The number of methoxy groups -OCH3 is 1. The fourth-order valence-corrected chi connectivity index (χ4v) is 1.62. The number of hydrogen-bond acceptors (Lipinski definition) is 3. The lowest BCUT2D eigenvalue weighted by Crippen LogP contribution is -2.08. The first-order valence-corrected chi connectivity index (χ1v) is 5.69. The molecule has 0 atom stereocenters. The van der Waals surface area contributed by atoms with E-state index in [-0.39, 0.29) is 0 Å². The molecule has 0 aromatic heterocycles. The van der Waals surface area contributed by atoms with Gasteiger partial charge in [0.05, 0.1) is 12.7 Å². The van der Waals surface area contributed by atoms with Gasteiger partial charge in [-0.3, -0.25) is 0 Å². The number of hydrogen-bond donors (Lipinski definition) is 0. The quantitative estimate of drug-likeness (QED) is 0.627. The SMILES string of the molecule is COc1cc(Cl)ccc1OC(=O)c1ccccc1. The van der Waals surface area contributed by atoms with Crippen LogP contribution in [-0.2, 0) is 0 Å². The summed E-state index contributed by atoms with van der Waals surface area (Å²) in [6, 6.07) is 13.6. The second-order valence-corrected chi connectivity index (χ2v) is 3.99. The van der Waals surface area contributed by atoms with E-state index >= 15 is 0 Å². The lowest BCUT2D eigenvalue weighted by Gasteiger charge is -2.09. The Hall–Kier alpha value is -2.00. The van der Waals surface area contributed by atoms with Crippen LogP contribution in [0.1, 0.15) is 10.4 Å². The smallest absolute Gasteiger partial charge is 0.343 e. The highest BCUT2D eigenvalue weighted by atomic mass is 35.5. The number of halogens is 1. The van der Waals surface area contributed by atoms with E-state index in [0.717, 1.165) is 0 Å². The molecule has 3 nitrogen and oxygen atoms in total. The molecule has 0 amide bonds. The number of ether oxygens (including phenoxy) is 2. The minimum Gasteiger partial charge on any atom is -0.493 e. The minimum absolute atomic E-state index is 0.343. The first kappa shape index (κ1) is 12.5. The van der Waals surface area contributed by atoms with Crippen LogP contribution in [0.15, 0.2) is 48.5 Å². The normalized spacial score (nSPS) is 9.89. The molecule has 0 bridgehead atoms. The molecule has 0 spiro atoms. The molecule has 0 N–H and O–H groups in total. The van der Waals surface area contributed by atoms with Crippen LogP contribution in [-0.4, -0.2) is 13.1 Å². The van der Waals surface area contributed by atoms with Crippen LogP contribution in [0, 0.1) is 0 Å². The van der Waals surface area contributed by atoms with Gasteiger partial charge in [0.1, 0.15) is 0 Å². The molecule has 2 rings (SSSR count). The van der Waals surface area contributed by atoms with Gasteiger partial charge in [-0.05, 0) is 24.3 Å². The van der Waals surface area contributed by atoms with E-state index in [2.05, 4.69) is 0 Å². The maximum atomic E-state index is 11.9. The van der Waals surface area contributed by atoms with Crippen molar-refractivity contribution in [2.24, 2.45) is 0 Å². The molecule has 0 heterocycles. The average molecular weight is 263 g/mol. The number of carbonyl (C=O) groups excluding carboxylic acids is 1. The summed E-state index contributed by atoms with van der Waals surface area (Å²) in [5.74, 6) is 0.332. The zero-order chi connectivity index (χ0) is 13.0. The molecule has 0 unspecified atom stereocenters. The largest absolute Gasteiger partial charge is 0.493 e. The Morgan fingerprint density at radius 3 is 2.44 bits per heavy atom. The lowest BCUT2D eigenvalue weighted by molar-refractivity contribution is 0.0730. The van der Waals surface area contributed by atoms with Gasteiger partial charge in [-0.15, -0.1) is 0 Å². The Bertz CT molecular complexity index is 552. The average Bonchev–Trinajstić information content (AvgIpc) is 2.41. The van der Waals surface area contributed by atoms with E-state index in [4.69, 9.17) is 21.1 Å². The molecule has 0 aliphatic heterocycles. The van der Waals surface area contributed by atoms with E-state index in [1.165, 1.54) is 7.11 Å². The summed E-state index contributed by atoms with van der Waals surface area (Å²) in [4.78, 5) is 11.9. The third-order valence-corrected chi connectivity index (χ3v) is 2.57. The van der Waals surface area contributed by atoms with E-state index in [9.17, 15) is 4.79 Å². The Morgan fingerprint density at radius 1 is 1.06 bits per heavy atom. The highest BCUT2D eigenvalue weighted by Gasteiger charge is 2.12. The van der Waals surface area contributed by atoms with E-state index in [0.29, 0.717) is 22.1 Å². The van der Waals surface area contributed by atoms with Gasteiger partial charge in [-0.25, -0.2) is 4.79 Å². The minimum atomic E-state index is -0.434. The molecule has 0 radical (unpaired) electrons. The molecule has 92 valence electrons. The summed E-state index contributed by atoms with van der Waals surface area (Å²) in [5.41, 5.74) is 0.481. The Labute approximate surface area is 110 Å². The maximum Gasteiger partial charge on any atom is 0.343 e. The van der Waals surface area contributed by atoms with Gasteiger partial charge in [-0.2, -0.15) is 0 Å². The van der Waals surface area contributed by atoms with Crippen molar-refractivity contribution in [3.05, 3.63) is 59.1 Å². The molecule has 0 fully saturated rings. The first-order chi connectivity index (χ1) is 8.70. The van der Waals surface area contributed by atoms with Crippen molar-refractivity contribution in [3.63, 3.8) is 0 Å². The van der Waals surface area contributed by atoms with Crippen molar-refractivity contribution in [3.8, 4) is 11.5 Å². The Morgan fingerprint density at radius 2 is 1.78 bits per heavy atom. The van der Waals surface area contributed by atoms with Crippen LogP contribution < -0.4 is 9.47 Å². The molecule has 2 aromatic rings. The van der Waals surface area contributed by atoms with Gasteiger partial charge >= 0.3 is 5.97 Å². The highest BCUT2D eigenvalue weighted by molar-refractivity contribution is 6.30. The van der Waals surface area contributed by atoms with Gasteiger partial charge in [0.2, 0.25) is 0 Å². The van der Waals surface area contributed by atoms with Crippen molar-refractivity contribution in [1.29, 1.82) is 0 Å². The van der Waals surface area contributed by atoms with Crippen LogP contribution in [0.5, 0.6) is 11.5 Å². The number of benzene rings is 2. The molecule has 2 aromatic carbocycles. The van der Waals surface area contributed by atoms with Crippen molar-refractivity contribution in [2.75, 3.05) is 7.11 Å². The van der Waals surface area contributed by atoms with E-state index in [1.807, 2.05) is 6.07 Å². The second-order valence-electron chi connectivity index (χ2n) is 3.55. The molecular weight excluding hydrogens is 252 g/mol. The monoisotopic (exact) mass is 262 g/mol. The van der Waals surface area contributed by atoms with Crippen LogP contribution in [0.2, 0.25) is 5.02 Å². The predicted octanol–water partition coefficient (Wildman–Crippen LogP) is 3.57. The third kappa shape index (κ3) is 2.81. The zero-order valence-corrected chi connectivity index (χ0v) is 10.5. The summed E-state index contributed by atoms with van der Waals surface area (Å²) in [7, 11) is 1.49. The fourth-order valence-electron chi connectivity index (χ4n) is 1.46. The first-order valence-electron chi connectivity index (χ1n) is 5.31. The molecule has 0 saturated heterocycles. The predicted molar refractivity (Wildman–Crippen MR) is 69.4 cm³/mol. The summed E-state index contributed by atoms with van der Waals surface area (Å²) >= 11 is 5.83. The van der Waals surface area contributed by atoms with Crippen LogP contribution >= 0.6 is 11.6 Å². The zero-order valence-electron chi connectivity index (χ0n) is 9.72. The molecule has 0 saturated carbocycles. The Kier molecular flexibility index (Phi) is 3.85. The fraction of sp³-hybridized carbons (Fsp3) is 0.0714. The lowest BCUT2D eigenvalue weighted by atomic mass is 10.2. The van der Waals surface area contributed by atoms with E-state index in [1.54, 1.807) is 42.5 Å². The number of esters is 1. The van der Waals surface area contributed by atoms with Crippen molar-refractivity contribution >= 4 is 17.6 Å². The molecule has 0 aliphatic rings.